The van der Waals surface area contributed by atoms with Gasteiger partial charge in [-0.1, -0.05) is 59.9 Å². The highest BCUT2D eigenvalue weighted by molar-refractivity contribution is 8.14. The molecule has 30 heavy (non-hydrogen) atoms. The highest BCUT2D eigenvalue weighted by Gasteiger charge is 2.56. The van der Waals surface area contributed by atoms with E-state index in [0.717, 1.165) is 23.5 Å². The topological polar surface area (TPSA) is 156 Å². The smallest absolute Gasteiger partial charge is 0.399 e. The lowest BCUT2D eigenvalue weighted by Gasteiger charge is -2.29. The summed E-state index contributed by atoms with van der Waals surface area (Å²) in [5.41, 5.74) is 1.24. The molecule has 4 N–H and O–H groups in total. The number of rotatable bonds is 4. The third-order valence-electron chi connectivity index (χ3n) is 4.63. The number of carbonyl (C=O) groups excluding carboxylic acids is 1. The minimum Gasteiger partial charge on any atom is -0.399 e. The maximum Gasteiger partial charge on any atom is 0.512 e. The van der Waals surface area contributed by atoms with E-state index in [1.807, 2.05) is 0 Å². The molecule has 0 saturated heterocycles. The molecule has 0 aromatic heterocycles. The molecular weight excluding hydrogens is 472 g/mol. The zero-order valence-corrected chi connectivity index (χ0v) is 18.4. The van der Waals surface area contributed by atoms with Crippen LogP contribution in [0.1, 0.15) is 11.1 Å². The van der Waals surface area contributed by atoms with Gasteiger partial charge in [0.15, 0.2) is 0 Å². The lowest BCUT2D eigenvalue weighted by molar-refractivity contribution is 0.0203. The normalized spacial score (nSPS) is 25.4. The highest BCUT2D eigenvalue weighted by atomic mass is 32.3. The van der Waals surface area contributed by atoms with Crippen LogP contribution < -0.4 is 10.3 Å². The van der Waals surface area contributed by atoms with Crippen LogP contribution in [0.5, 0.6) is 0 Å². The molecule has 2 unspecified atom stereocenters. The van der Waals surface area contributed by atoms with Gasteiger partial charge in [0.1, 0.15) is 0 Å². The van der Waals surface area contributed by atoms with Crippen LogP contribution in [0, 0.1) is 0 Å². The van der Waals surface area contributed by atoms with Crippen molar-refractivity contribution in [1.29, 1.82) is 0 Å². The van der Waals surface area contributed by atoms with Gasteiger partial charge in [-0.3, -0.25) is 0 Å². The largest absolute Gasteiger partial charge is 0.512 e. The van der Waals surface area contributed by atoms with Crippen LogP contribution in [0.4, 0.5) is 4.79 Å². The minimum atomic E-state index is -4.42. The Morgan fingerprint density at radius 3 is 1.47 bits per heavy atom. The highest BCUT2D eigenvalue weighted by Crippen LogP contribution is 2.51. The second kappa shape index (κ2) is 7.14. The summed E-state index contributed by atoms with van der Waals surface area (Å²) in [6.07, 6.45) is -1.92. The number of hydrogen-bond acceptors (Lipinski definition) is 9. The van der Waals surface area contributed by atoms with Crippen molar-refractivity contribution in [3.05, 3.63) is 59.7 Å². The molecule has 0 saturated carbocycles. The molecule has 13 heteroatoms. The molecule has 160 valence electrons. The first kappa shape index (κ1) is 21.5. The first-order valence-corrected chi connectivity index (χ1v) is 13.2. The first-order valence-electron chi connectivity index (χ1n) is 8.45. The Kier molecular flexibility index (Phi) is 5.11. The van der Waals surface area contributed by atoms with Crippen LogP contribution >= 0.6 is 23.5 Å². The van der Waals surface area contributed by atoms with Gasteiger partial charge in [-0.15, -0.1) is 0 Å². The van der Waals surface area contributed by atoms with Crippen LogP contribution in [0.25, 0.3) is 0 Å². The molecule has 4 rings (SSSR count). The number of nitrogens with two attached hydrogens (primary N) is 2. The second-order valence-corrected chi connectivity index (χ2v) is 13.3. The molecule has 2 aromatic rings. The average molecular weight is 489 g/mol. The van der Waals surface area contributed by atoms with Gasteiger partial charge in [-0.05, 0) is 23.3 Å². The summed E-state index contributed by atoms with van der Waals surface area (Å²) in [5, 5.41) is 10.7. The SMILES string of the molecule is NS(=O)(=O)C1(OC(=O)OC2(S(N)(=O)=O)Cc3ccccc3S2)Cc2ccccc2S1. The molecule has 0 fully saturated rings. The quantitative estimate of drug-likeness (QED) is 0.612. The number of carbonyl (C=O) groups is 1. The molecule has 0 aliphatic carbocycles. The molecule has 0 spiro atoms. The van der Waals surface area contributed by atoms with E-state index in [4.69, 9.17) is 19.8 Å². The monoisotopic (exact) mass is 488 g/mol. The summed E-state index contributed by atoms with van der Waals surface area (Å²) < 4.78 is 55.3. The number of ether oxygens (including phenoxy) is 2. The number of primary sulfonamides is 2. The fourth-order valence-electron chi connectivity index (χ4n) is 3.19. The van der Waals surface area contributed by atoms with Crippen LogP contribution in [-0.4, -0.2) is 31.5 Å². The van der Waals surface area contributed by atoms with E-state index in [9.17, 15) is 21.6 Å². The predicted molar refractivity (Wildman–Crippen MR) is 111 cm³/mol. The van der Waals surface area contributed by atoms with E-state index in [1.54, 1.807) is 48.5 Å². The molecule has 0 bridgehead atoms. The predicted octanol–water partition coefficient (Wildman–Crippen LogP) is 1.72. The fourth-order valence-corrected chi connectivity index (χ4v) is 7.93. The molecule has 2 heterocycles. The molecule has 2 aliphatic heterocycles. The Labute approximate surface area is 181 Å². The third kappa shape index (κ3) is 3.59. The second-order valence-electron chi connectivity index (χ2n) is 6.68. The van der Waals surface area contributed by atoms with Gasteiger partial charge in [0, 0.05) is 22.6 Å². The number of fused-ring (bicyclic) bond motifs is 2. The maximum absolute atomic E-state index is 12.6. The Bertz CT molecular complexity index is 1100. The number of hydrogen-bond donors (Lipinski definition) is 2. The Morgan fingerprint density at radius 2 is 1.13 bits per heavy atom. The number of sulfonamides is 2. The van der Waals surface area contributed by atoms with E-state index in [2.05, 4.69) is 0 Å². The van der Waals surface area contributed by atoms with E-state index in [1.165, 1.54) is 0 Å². The van der Waals surface area contributed by atoms with Crippen molar-refractivity contribution >= 4 is 49.7 Å². The van der Waals surface area contributed by atoms with Crippen molar-refractivity contribution < 1.29 is 31.1 Å². The standard InChI is InChI=1S/C17H16N2O7S4/c18-29(21,22)16(9-11-5-1-3-7-13(11)27-16)25-15(20)26-17(30(19,23)24)10-12-6-2-4-8-14(12)28-17/h1-8H,9-10H2,(H2,18,21,22)(H2,19,23,24). The van der Waals surface area contributed by atoms with E-state index >= 15 is 0 Å². The number of thioether (sulfide) groups is 2. The van der Waals surface area contributed by atoms with Crippen molar-refractivity contribution in [3.8, 4) is 0 Å². The van der Waals surface area contributed by atoms with Crippen LogP contribution in [0.2, 0.25) is 0 Å². The zero-order valence-electron chi connectivity index (χ0n) is 15.2. The van der Waals surface area contributed by atoms with Gasteiger partial charge < -0.3 is 9.47 Å². The van der Waals surface area contributed by atoms with Crippen LogP contribution in [0.15, 0.2) is 58.3 Å². The van der Waals surface area contributed by atoms with Gasteiger partial charge in [0.25, 0.3) is 28.6 Å². The summed E-state index contributed by atoms with van der Waals surface area (Å²) in [7, 11) is -8.83. The van der Waals surface area contributed by atoms with Gasteiger partial charge >= 0.3 is 6.16 Å². The van der Waals surface area contributed by atoms with Crippen molar-refractivity contribution in [2.75, 3.05) is 0 Å². The maximum atomic E-state index is 12.6. The molecule has 2 aliphatic rings. The molecule has 9 nitrogen and oxygen atoms in total. The van der Waals surface area contributed by atoms with E-state index in [-0.39, 0.29) is 12.8 Å². The Balaban J connectivity index is 1.63. The summed E-state index contributed by atoms with van der Waals surface area (Å²) >= 11 is 1.49. The van der Waals surface area contributed by atoms with Crippen molar-refractivity contribution in [1.82, 2.24) is 0 Å². The van der Waals surface area contributed by atoms with Crippen molar-refractivity contribution in [2.24, 2.45) is 10.3 Å². The summed E-state index contributed by atoms with van der Waals surface area (Å²) in [6.45, 7) is 0. The lowest BCUT2D eigenvalue weighted by Crippen LogP contribution is -2.48. The summed E-state index contributed by atoms with van der Waals surface area (Å²) in [6, 6.07) is 13.5. The number of benzene rings is 2. The third-order valence-corrected chi connectivity index (χ3v) is 11.0. The molecule has 0 amide bonds. The summed E-state index contributed by atoms with van der Waals surface area (Å²) in [5.74, 6) is 0. The van der Waals surface area contributed by atoms with Gasteiger partial charge in [0.2, 0.25) is 0 Å². The molecular formula is C17H16N2O7S4. The van der Waals surface area contributed by atoms with Crippen molar-refractivity contribution in [2.45, 2.75) is 31.2 Å². The molecule has 0 radical (unpaired) electrons. The first-order chi connectivity index (χ1) is 13.9. The fraction of sp³-hybridized carbons (Fsp3) is 0.235. The van der Waals surface area contributed by atoms with Crippen LogP contribution in [0.3, 0.4) is 0 Å². The lowest BCUT2D eigenvalue weighted by atomic mass is 10.2. The Morgan fingerprint density at radius 1 is 0.767 bits per heavy atom. The average Bonchev–Trinajstić information content (AvgIpc) is 3.19. The summed E-state index contributed by atoms with van der Waals surface area (Å²) in [4.78, 5) is 13.8. The van der Waals surface area contributed by atoms with Gasteiger partial charge in [-0.25, -0.2) is 31.9 Å². The Hall–Kier alpha value is -1.77. The van der Waals surface area contributed by atoms with Gasteiger partial charge in [-0.2, -0.15) is 0 Å². The van der Waals surface area contributed by atoms with Gasteiger partial charge in [0.05, 0.1) is 0 Å². The van der Waals surface area contributed by atoms with Crippen molar-refractivity contribution in [3.63, 3.8) is 0 Å². The van der Waals surface area contributed by atoms with E-state index < -0.39 is 34.7 Å². The zero-order chi connectivity index (χ0) is 21.8. The minimum absolute atomic E-state index is 0.211. The molecule has 2 atom stereocenters. The van der Waals surface area contributed by atoms with Crippen LogP contribution in [-0.2, 0) is 42.4 Å². The molecule has 2 aromatic carbocycles. The van der Waals surface area contributed by atoms with E-state index in [0.29, 0.717) is 20.9 Å².